The number of hydrogen-bond acceptors (Lipinski definition) is 2. The maximum Gasteiger partial charge on any atom is 0.119 e. The Morgan fingerprint density at radius 1 is 1.22 bits per heavy atom. The molecular weight excluding hydrogens is 222 g/mol. The summed E-state index contributed by atoms with van der Waals surface area (Å²) in [4.78, 5) is 0. The average molecular weight is 249 g/mol. The molecule has 1 rings (SSSR count). The standard InChI is InChI=1S/C16H27NO/c1-4-14(5-2)12-18-16-8-6-7-15(10-16)9-13(3)11-17/h6-8,10,13-14H,4-5,9,11-12,17H2,1-3H3/t13-/m0/s1. The second-order valence-corrected chi connectivity index (χ2v) is 5.19. The fraction of sp³-hybridized carbons (Fsp3) is 0.625. The molecule has 0 aliphatic heterocycles. The van der Waals surface area contributed by atoms with Crippen molar-refractivity contribution in [2.45, 2.75) is 40.0 Å². The number of nitrogens with two attached hydrogens (primary N) is 1. The molecule has 0 radical (unpaired) electrons. The van der Waals surface area contributed by atoms with Gasteiger partial charge in [0.15, 0.2) is 0 Å². The summed E-state index contributed by atoms with van der Waals surface area (Å²) in [5.74, 6) is 2.18. The molecule has 102 valence electrons. The highest BCUT2D eigenvalue weighted by molar-refractivity contribution is 5.28. The van der Waals surface area contributed by atoms with E-state index in [4.69, 9.17) is 10.5 Å². The maximum atomic E-state index is 5.87. The normalized spacial score (nSPS) is 12.7. The van der Waals surface area contributed by atoms with Crippen molar-refractivity contribution in [1.82, 2.24) is 0 Å². The summed E-state index contributed by atoms with van der Waals surface area (Å²) in [5.41, 5.74) is 6.98. The zero-order valence-corrected chi connectivity index (χ0v) is 12.0. The molecule has 2 nitrogen and oxygen atoms in total. The zero-order chi connectivity index (χ0) is 13.4. The number of benzene rings is 1. The van der Waals surface area contributed by atoms with Crippen LogP contribution in [0.3, 0.4) is 0 Å². The lowest BCUT2D eigenvalue weighted by molar-refractivity contribution is 0.240. The van der Waals surface area contributed by atoms with Crippen LogP contribution in [0.1, 0.15) is 39.2 Å². The first-order chi connectivity index (χ1) is 8.69. The van der Waals surface area contributed by atoms with Gasteiger partial charge in [0.2, 0.25) is 0 Å². The predicted octanol–water partition coefficient (Wildman–Crippen LogP) is 3.64. The van der Waals surface area contributed by atoms with Crippen LogP contribution in [0.4, 0.5) is 0 Å². The highest BCUT2D eigenvalue weighted by atomic mass is 16.5. The Bertz CT molecular complexity index is 334. The van der Waals surface area contributed by atoms with E-state index < -0.39 is 0 Å². The number of hydrogen-bond donors (Lipinski definition) is 1. The minimum atomic E-state index is 0.527. The molecule has 2 heteroatoms. The van der Waals surface area contributed by atoms with Crippen molar-refractivity contribution in [3.05, 3.63) is 29.8 Å². The minimum absolute atomic E-state index is 0.527. The molecular formula is C16H27NO. The molecule has 0 saturated heterocycles. The summed E-state index contributed by atoms with van der Waals surface area (Å²) in [6.45, 7) is 8.17. The first kappa shape index (κ1) is 15.0. The van der Waals surface area contributed by atoms with Gasteiger partial charge in [-0.05, 0) is 42.5 Å². The van der Waals surface area contributed by atoms with Crippen molar-refractivity contribution in [3.63, 3.8) is 0 Å². The molecule has 0 unspecified atom stereocenters. The van der Waals surface area contributed by atoms with Crippen LogP contribution in [-0.4, -0.2) is 13.2 Å². The van der Waals surface area contributed by atoms with Crippen molar-refractivity contribution in [2.24, 2.45) is 17.6 Å². The Labute approximate surface area is 112 Å². The molecule has 0 aliphatic rings. The highest BCUT2D eigenvalue weighted by Crippen LogP contribution is 2.18. The van der Waals surface area contributed by atoms with E-state index >= 15 is 0 Å². The Morgan fingerprint density at radius 3 is 2.56 bits per heavy atom. The molecule has 0 bridgehead atoms. The van der Waals surface area contributed by atoms with Crippen LogP contribution < -0.4 is 10.5 Å². The lowest BCUT2D eigenvalue weighted by Crippen LogP contribution is -2.13. The van der Waals surface area contributed by atoms with Crippen molar-refractivity contribution in [3.8, 4) is 5.75 Å². The van der Waals surface area contributed by atoms with Crippen molar-refractivity contribution < 1.29 is 4.74 Å². The highest BCUT2D eigenvalue weighted by Gasteiger charge is 2.06. The van der Waals surface area contributed by atoms with Gasteiger partial charge < -0.3 is 10.5 Å². The first-order valence-corrected chi connectivity index (χ1v) is 7.11. The van der Waals surface area contributed by atoms with Crippen LogP contribution in [0.5, 0.6) is 5.75 Å². The molecule has 1 aromatic rings. The van der Waals surface area contributed by atoms with Gasteiger partial charge in [-0.15, -0.1) is 0 Å². The SMILES string of the molecule is CCC(CC)COc1cccc(C[C@H](C)CN)c1. The fourth-order valence-corrected chi connectivity index (χ4v) is 1.99. The predicted molar refractivity (Wildman–Crippen MR) is 77.9 cm³/mol. The quantitative estimate of drug-likeness (QED) is 0.763. The van der Waals surface area contributed by atoms with Crippen molar-refractivity contribution in [1.29, 1.82) is 0 Å². The molecule has 0 amide bonds. The van der Waals surface area contributed by atoms with Crippen LogP contribution in [0.25, 0.3) is 0 Å². The van der Waals surface area contributed by atoms with Gasteiger partial charge in [0.25, 0.3) is 0 Å². The summed E-state index contributed by atoms with van der Waals surface area (Å²) in [6.07, 6.45) is 3.39. The van der Waals surface area contributed by atoms with E-state index in [1.165, 1.54) is 18.4 Å². The van der Waals surface area contributed by atoms with E-state index in [0.717, 1.165) is 25.3 Å². The molecule has 1 aromatic carbocycles. The lowest BCUT2D eigenvalue weighted by Gasteiger charge is -2.15. The minimum Gasteiger partial charge on any atom is -0.493 e. The van der Waals surface area contributed by atoms with Gasteiger partial charge in [-0.2, -0.15) is 0 Å². The zero-order valence-electron chi connectivity index (χ0n) is 12.0. The van der Waals surface area contributed by atoms with E-state index in [1.54, 1.807) is 0 Å². The summed E-state index contributed by atoms with van der Waals surface area (Å²) < 4.78 is 5.87. The third-order valence-electron chi connectivity index (χ3n) is 3.53. The molecule has 0 aromatic heterocycles. The largest absolute Gasteiger partial charge is 0.493 e. The maximum absolute atomic E-state index is 5.87. The van der Waals surface area contributed by atoms with Crippen LogP contribution in [0.2, 0.25) is 0 Å². The van der Waals surface area contributed by atoms with E-state index in [1.807, 2.05) is 6.07 Å². The number of rotatable bonds is 8. The monoisotopic (exact) mass is 249 g/mol. The summed E-state index contributed by atoms with van der Waals surface area (Å²) in [7, 11) is 0. The smallest absolute Gasteiger partial charge is 0.119 e. The van der Waals surface area contributed by atoms with Gasteiger partial charge in [0, 0.05) is 0 Å². The average Bonchev–Trinajstić information content (AvgIpc) is 2.40. The van der Waals surface area contributed by atoms with Crippen molar-refractivity contribution >= 4 is 0 Å². The molecule has 0 saturated carbocycles. The third-order valence-corrected chi connectivity index (χ3v) is 3.53. The molecule has 2 N–H and O–H groups in total. The molecule has 0 spiro atoms. The summed E-state index contributed by atoms with van der Waals surface area (Å²) in [6, 6.07) is 8.41. The third kappa shape index (κ3) is 5.09. The summed E-state index contributed by atoms with van der Waals surface area (Å²) in [5, 5.41) is 0. The van der Waals surface area contributed by atoms with Gasteiger partial charge in [-0.25, -0.2) is 0 Å². The number of ether oxygens (including phenoxy) is 1. The summed E-state index contributed by atoms with van der Waals surface area (Å²) >= 11 is 0. The lowest BCUT2D eigenvalue weighted by atomic mass is 10.0. The molecule has 0 aliphatic carbocycles. The van der Waals surface area contributed by atoms with Crippen LogP contribution in [-0.2, 0) is 6.42 Å². The molecule has 18 heavy (non-hydrogen) atoms. The van der Waals surface area contributed by atoms with E-state index in [2.05, 4.69) is 39.0 Å². The van der Waals surface area contributed by atoms with Gasteiger partial charge in [0.05, 0.1) is 6.61 Å². The fourth-order valence-electron chi connectivity index (χ4n) is 1.99. The second-order valence-electron chi connectivity index (χ2n) is 5.19. The second kappa shape index (κ2) is 8.15. The van der Waals surface area contributed by atoms with E-state index in [9.17, 15) is 0 Å². The van der Waals surface area contributed by atoms with Crippen LogP contribution in [0, 0.1) is 11.8 Å². The van der Waals surface area contributed by atoms with Gasteiger partial charge in [-0.1, -0.05) is 45.7 Å². The van der Waals surface area contributed by atoms with Gasteiger partial charge in [-0.3, -0.25) is 0 Å². The Hall–Kier alpha value is -1.02. The Balaban J connectivity index is 2.53. The first-order valence-electron chi connectivity index (χ1n) is 7.11. The molecule has 0 fully saturated rings. The van der Waals surface area contributed by atoms with Crippen molar-refractivity contribution in [2.75, 3.05) is 13.2 Å². The van der Waals surface area contributed by atoms with Crippen LogP contribution in [0.15, 0.2) is 24.3 Å². The van der Waals surface area contributed by atoms with Gasteiger partial charge in [0.1, 0.15) is 5.75 Å². The van der Waals surface area contributed by atoms with Crippen LogP contribution >= 0.6 is 0 Å². The topological polar surface area (TPSA) is 35.2 Å². The Morgan fingerprint density at radius 2 is 1.94 bits per heavy atom. The van der Waals surface area contributed by atoms with E-state index in [-0.39, 0.29) is 0 Å². The molecule has 0 heterocycles. The molecule has 1 atom stereocenters. The Kier molecular flexibility index (Phi) is 6.81. The van der Waals surface area contributed by atoms with Gasteiger partial charge >= 0.3 is 0 Å². The van der Waals surface area contributed by atoms with E-state index in [0.29, 0.717) is 11.8 Å².